The third-order valence-corrected chi connectivity index (χ3v) is 3.47. The number of nitrogens with zero attached hydrogens (tertiary/aromatic N) is 1. The smallest absolute Gasteiger partial charge is 0.418 e. The van der Waals surface area contributed by atoms with E-state index in [-0.39, 0.29) is 11.0 Å². The minimum Gasteiger partial charge on any atom is -0.478 e. The number of benzene rings is 2. The molecule has 5 nitrogen and oxygen atoms in total. The number of para-hydroxylation sites is 1. The van der Waals surface area contributed by atoms with E-state index in [0.29, 0.717) is 18.2 Å². The summed E-state index contributed by atoms with van der Waals surface area (Å²) in [6.07, 6.45) is -9.91. The molecule has 144 valence electrons. The van der Waals surface area contributed by atoms with Gasteiger partial charge in [0.2, 0.25) is 0 Å². The highest BCUT2D eigenvalue weighted by molar-refractivity contribution is 6.05. The molecule has 2 amide bonds. The van der Waals surface area contributed by atoms with Crippen molar-refractivity contribution in [2.45, 2.75) is 12.4 Å². The Bertz CT molecular complexity index is 892. The molecule has 0 bridgehead atoms. The lowest BCUT2D eigenvalue weighted by Gasteiger charge is -2.26. The van der Waals surface area contributed by atoms with Crippen molar-refractivity contribution in [2.24, 2.45) is 5.73 Å². The minimum absolute atomic E-state index is 0.0848. The second-order valence-corrected chi connectivity index (χ2v) is 5.22. The fourth-order valence-electron chi connectivity index (χ4n) is 2.35. The highest BCUT2D eigenvalue weighted by Crippen LogP contribution is 2.41. The molecule has 0 aromatic heterocycles. The normalized spacial score (nSPS) is 11.9. The maximum Gasteiger partial charge on any atom is 0.418 e. The Labute approximate surface area is 147 Å². The average Bonchev–Trinajstić information content (AvgIpc) is 2.53. The quantitative estimate of drug-likeness (QED) is 0.747. The molecule has 0 radical (unpaired) electrons. The maximum absolute atomic E-state index is 13.2. The number of halogens is 6. The Morgan fingerprint density at radius 1 is 0.889 bits per heavy atom. The van der Waals surface area contributed by atoms with E-state index in [4.69, 9.17) is 5.73 Å². The Hall–Kier alpha value is -3.24. The molecule has 0 fully saturated rings. The molecule has 11 heteroatoms. The molecule has 27 heavy (non-hydrogen) atoms. The lowest BCUT2D eigenvalue weighted by Crippen LogP contribution is -2.34. The number of urea groups is 1. The standard InChI is InChI=1S/C16H10F6N2O3/c17-15(18,19)8-5-6-9(13(25)26)12(7-8)24(14(23)27)11-4-2-1-3-10(11)16(20,21)22/h1-7H,(H2,23,27)(H,25,26). The number of nitrogens with two attached hydrogens (primary N) is 1. The number of hydrogen-bond donors (Lipinski definition) is 2. The first-order chi connectivity index (χ1) is 12.3. The maximum atomic E-state index is 13.2. The van der Waals surface area contributed by atoms with Gasteiger partial charge >= 0.3 is 24.4 Å². The van der Waals surface area contributed by atoms with Crippen LogP contribution in [0.25, 0.3) is 0 Å². The summed E-state index contributed by atoms with van der Waals surface area (Å²) in [6, 6.07) is 3.09. The van der Waals surface area contributed by atoms with Crippen LogP contribution >= 0.6 is 0 Å². The predicted octanol–water partition coefficient (Wildman–Crippen LogP) is 4.64. The number of amides is 2. The number of rotatable bonds is 3. The number of carbonyl (C=O) groups excluding carboxylic acids is 1. The zero-order valence-electron chi connectivity index (χ0n) is 13.1. The minimum atomic E-state index is -4.98. The van der Waals surface area contributed by atoms with E-state index in [1.807, 2.05) is 0 Å². The molecule has 0 aliphatic rings. The van der Waals surface area contributed by atoms with Crippen LogP contribution < -0.4 is 10.6 Å². The second kappa shape index (κ2) is 6.82. The van der Waals surface area contributed by atoms with Gasteiger partial charge in [-0.25, -0.2) is 9.59 Å². The highest BCUT2D eigenvalue weighted by Gasteiger charge is 2.38. The van der Waals surface area contributed by atoms with Crippen LogP contribution in [0, 0.1) is 0 Å². The molecule has 0 saturated carbocycles. The molecule has 2 rings (SSSR count). The average molecular weight is 392 g/mol. The number of carbonyl (C=O) groups is 2. The van der Waals surface area contributed by atoms with Crippen LogP contribution in [0.3, 0.4) is 0 Å². The van der Waals surface area contributed by atoms with Crippen molar-refractivity contribution in [3.05, 3.63) is 59.2 Å². The van der Waals surface area contributed by atoms with Crippen LogP contribution in [0.2, 0.25) is 0 Å². The van der Waals surface area contributed by atoms with Gasteiger partial charge in [0.25, 0.3) is 0 Å². The van der Waals surface area contributed by atoms with Crippen molar-refractivity contribution < 1.29 is 41.0 Å². The molecule has 0 unspecified atom stereocenters. The summed E-state index contributed by atoms with van der Waals surface area (Å²) >= 11 is 0. The molecule has 0 atom stereocenters. The van der Waals surface area contributed by atoms with Gasteiger partial charge in [0.1, 0.15) is 0 Å². The van der Waals surface area contributed by atoms with Crippen molar-refractivity contribution in [1.29, 1.82) is 0 Å². The number of carboxylic acid groups (broad SMARTS) is 1. The van der Waals surface area contributed by atoms with Gasteiger partial charge in [-0.2, -0.15) is 26.3 Å². The number of anilines is 2. The van der Waals surface area contributed by atoms with Gasteiger partial charge in [0.15, 0.2) is 0 Å². The van der Waals surface area contributed by atoms with E-state index in [2.05, 4.69) is 0 Å². The van der Waals surface area contributed by atoms with Gasteiger partial charge < -0.3 is 10.8 Å². The zero-order valence-corrected chi connectivity index (χ0v) is 13.1. The molecule has 0 heterocycles. The molecular formula is C16H10F6N2O3. The summed E-state index contributed by atoms with van der Waals surface area (Å²) in [5.74, 6) is -1.76. The van der Waals surface area contributed by atoms with E-state index in [0.717, 1.165) is 18.2 Å². The molecule has 3 N–H and O–H groups in total. The van der Waals surface area contributed by atoms with E-state index < -0.39 is 52.4 Å². The van der Waals surface area contributed by atoms with Gasteiger partial charge in [-0.15, -0.1) is 0 Å². The van der Waals surface area contributed by atoms with E-state index >= 15 is 0 Å². The van der Waals surface area contributed by atoms with Crippen molar-refractivity contribution >= 4 is 23.4 Å². The second-order valence-electron chi connectivity index (χ2n) is 5.22. The lowest BCUT2D eigenvalue weighted by atomic mass is 10.1. The predicted molar refractivity (Wildman–Crippen MR) is 81.6 cm³/mol. The van der Waals surface area contributed by atoms with Crippen LogP contribution in [-0.2, 0) is 12.4 Å². The Morgan fingerprint density at radius 3 is 1.96 bits per heavy atom. The van der Waals surface area contributed by atoms with Crippen LogP contribution in [0.1, 0.15) is 21.5 Å². The first-order valence-corrected chi connectivity index (χ1v) is 7.04. The fourth-order valence-corrected chi connectivity index (χ4v) is 2.35. The number of primary amides is 1. The third-order valence-electron chi connectivity index (χ3n) is 3.47. The van der Waals surface area contributed by atoms with Gasteiger partial charge in [0.05, 0.1) is 28.1 Å². The number of alkyl halides is 6. The summed E-state index contributed by atoms with van der Waals surface area (Å²) in [4.78, 5) is 23.2. The first kappa shape index (κ1) is 20.1. The molecular weight excluding hydrogens is 382 g/mol. The van der Waals surface area contributed by atoms with Gasteiger partial charge in [-0.05, 0) is 30.3 Å². The van der Waals surface area contributed by atoms with Gasteiger partial charge in [-0.3, -0.25) is 4.90 Å². The molecule has 0 aliphatic carbocycles. The van der Waals surface area contributed by atoms with E-state index in [1.165, 1.54) is 0 Å². The fraction of sp³-hybridized carbons (Fsp3) is 0.125. The van der Waals surface area contributed by atoms with Crippen molar-refractivity contribution in [2.75, 3.05) is 4.90 Å². The van der Waals surface area contributed by atoms with Gasteiger partial charge in [-0.1, -0.05) is 12.1 Å². The third kappa shape index (κ3) is 4.13. The van der Waals surface area contributed by atoms with Crippen LogP contribution in [0.4, 0.5) is 42.5 Å². The summed E-state index contributed by atoms with van der Waals surface area (Å²) in [5, 5.41) is 9.18. The Morgan fingerprint density at radius 2 is 1.48 bits per heavy atom. The number of carboxylic acids is 1. The summed E-state index contributed by atoms with van der Waals surface area (Å²) in [5.41, 5.74) is -0.334. The number of hydrogen-bond acceptors (Lipinski definition) is 2. The molecule has 0 spiro atoms. The number of aromatic carboxylic acids is 1. The molecule has 0 saturated heterocycles. The Kier molecular flexibility index (Phi) is 5.07. The SMILES string of the molecule is NC(=O)N(c1cc(C(F)(F)F)ccc1C(=O)O)c1ccccc1C(F)(F)F. The van der Waals surface area contributed by atoms with Crippen molar-refractivity contribution in [3.63, 3.8) is 0 Å². The summed E-state index contributed by atoms with van der Waals surface area (Å²) < 4.78 is 78.6. The summed E-state index contributed by atoms with van der Waals surface area (Å²) in [7, 11) is 0. The topological polar surface area (TPSA) is 83.6 Å². The van der Waals surface area contributed by atoms with E-state index in [9.17, 15) is 41.0 Å². The molecule has 0 aliphatic heterocycles. The lowest BCUT2D eigenvalue weighted by molar-refractivity contribution is -0.138. The molecule has 2 aromatic carbocycles. The largest absolute Gasteiger partial charge is 0.478 e. The zero-order chi connectivity index (χ0) is 20.6. The summed E-state index contributed by atoms with van der Waals surface area (Å²) in [6.45, 7) is 0. The van der Waals surface area contributed by atoms with Gasteiger partial charge in [0, 0.05) is 0 Å². The van der Waals surface area contributed by atoms with Crippen LogP contribution in [0.15, 0.2) is 42.5 Å². The monoisotopic (exact) mass is 392 g/mol. The molecule has 2 aromatic rings. The van der Waals surface area contributed by atoms with Crippen LogP contribution in [-0.4, -0.2) is 17.1 Å². The Balaban J connectivity index is 2.83. The van der Waals surface area contributed by atoms with Crippen molar-refractivity contribution in [3.8, 4) is 0 Å². The first-order valence-electron chi connectivity index (χ1n) is 7.04. The highest BCUT2D eigenvalue weighted by atomic mass is 19.4. The van der Waals surface area contributed by atoms with E-state index in [1.54, 1.807) is 0 Å². The van der Waals surface area contributed by atoms with Crippen LogP contribution in [0.5, 0.6) is 0 Å². The van der Waals surface area contributed by atoms with Crippen molar-refractivity contribution in [1.82, 2.24) is 0 Å².